The summed E-state index contributed by atoms with van der Waals surface area (Å²) in [6, 6.07) is 15.8. The minimum Gasteiger partial charge on any atom is -0.370 e. The Labute approximate surface area is 204 Å². The molecule has 1 saturated heterocycles. The quantitative estimate of drug-likeness (QED) is 0.467. The fraction of sp³-hybridized carbons (Fsp3) is 0.321. The summed E-state index contributed by atoms with van der Waals surface area (Å²) in [5.41, 5.74) is 4.85. The minimum atomic E-state index is -0.0894. The van der Waals surface area contributed by atoms with Crippen LogP contribution >= 0.6 is 0 Å². The third-order valence-corrected chi connectivity index (χ3v) is 6.93. The van der Waals surface area contributed by atoms with E-state index in [1.54, 1.807) is 12.3 Å². The van der Waals surface area contributed by atoms with Crippen molar-refractivity contribution in [2.45, 2.75) is 38.9 Å². The van der Waals surface area contributed by atoms with E-state index in [4.69, 9.17) is 0 Å². The highest BCUT2D eigenvalue weighted by atomic mass is 16.1. The standard InChI is InChI=1S/C28H31N5O2/c1-20-14-21(9-11-29-20)16-33(18-22-17-31(2)26-8-4-3-7-25(26)28(22)35)24-6-5-13-32(19-24)23-10-12-30-27(34)15-23/h3-4,7-12,14-15,17,24H,5-6,13,16,18-19H2,1-2H3,(H,30,34)/t24-/m0/s1. The summed E-state index contributed by atoms with van der Waals surface area (Å²) in [5, 5.41) is 0.751. The number of aryl methyl sites for hydroxylation is 2. The van der Waals surface area contributed by atoms with E-state index in [1.807, 2.05) is 61.3 Å². The SMILES string of the molecule is Cc1cc(CN(Cc2cn(C)c3ccccc3c2=O)[C@H]2CCCN(c3cc[nH]c(=O)c3)C2)ccn1. The van der Waals surface area contributed by atoms with Gasteiger partial charge in [-0.2, -0.15) is 0 Å². The fourth-order valence-corrected chi connectivity index (χ4v) is 5.21. The first kappa shape index (κ1) is 23.1. The molecule has 180 valence electrons. The van der Waals surface area contributed by atoms with Crippen molar-refractivity contribution < 1.29 is 0 Å². The lowest BCUT2D eigenvalue weighted by molar-refractivity contribution is 0.158. The van der Waals surface area contributed by atoms with Crippen LogP contribution in [-0.2, 0) is 20.1 Å². The molecule has 1 fully saturated rings. The van der Waals surface area contributed by atoms with Gasteiger partial charge in [-0.15, -0.1) is 0 Å². The van der Waals surface area contributed by atoms with Gasteiger partial charge in [-0.05, 0) is 55.7 Å². The summed E-state index contributed by atoms with van der Waals surface area (Å²) in [5.74, 6) is 0. The number of benzene rings is 1. The lowest BCUT2D eigenvalue weighted by Gasteiger charge is -2.40. The maximum absolute atomic E-state index is 13.4. The molecule has 7 heteroatoms. The molecule has 1 atom stereocenters. The number of fused-ring (bicyclic) bond motifs is 1. The Morgan fingerprint density at radius 1 is 1.11 bits per heavy atom. The molecule has 0 bridgehead atoms. The van der Waals surface area contributed by atoms with Gasteiger partial charge in [0.05, 0.1) is 5.52 Å². The Kier molecular flexibility index (Phi) is 6.51. The summed E-state index contributed by atoms with van der Waals surface area (Å²) >= 11 is 0. The van der Waals surface area contributed by atoms with Crippen molar-refractivity contribution in [1.82, 2.24) is 19.4 Å². The van der Waals surface area contributed by atoms with Gasteiger partial charge in [-0.3, -0.25) is 19.5 Å². The maximum Gasteiger partial charge on any atom is 0.249 e. The predicted molar refractivity (Wildman–Crippen MR) is 140 cm³/mol. The average molecular weight is 470 g/mol. The monoisotopic (exact) mass is 469 g/mol. The Bertz CT molecular complexity index is 1460. The summed E-state index contributed by atoms with van der Waals surface area (Å²) in [6.07, 6.45) is 7.60. The molecule has 3 aromatic heterocycles. The molecule has 1 aliphatic heterocycles. The molecule has 4 aromatic rings. The second-order valence-electron chi connectivity index (χ2n) is 9.48. The van der Waals surface area contributed by atoms with Crippen molar-refractivity contribution in [3.63, 3.8) is 0 Å². The van der Waals surface area contributed by atoms with Gasteiger partial charge in [0.15, 0.2) is 5.43 Å². The van der Waals surface area contributed by atoms with E-state index in [-0.39, 0.29) is 17.0 Å². The number of nitrogens with one attached hydrogen (secondary N) is 1. The summed E-state index contributed by atoms with van der Waals surface area (Å²) in [7, 11) is 2.00. The number of para-hydroxylation sites is 1. The highest BCUT2D eigenvalue weighted by molar-refractivity contribution is 5.79. The first-order valence-electron chi connectivity index (χ1n) is 12.1. The number of pyridine rings is 3. The van der Waals surface area contributed by atoms with E-state index in [0.29, 0.717) is 6.54 Å². The molecule has 1 N–H and O–H groups in total. The van der Waals surface area contributed by atoms with Gasteiger partial charge in [0.1, 0.15) is 0 Å². The number of hydrogen-bond donors (Lipinski definition) is 1. The molecular weight excluding hydrogens is 438 g/mol. The third-order valence-electron chi connectivity index (χ3n) is 6.93. The van der Waals surface area contributed by atoms with Gasteiger partial charge in [-0.25, -0.2) is 0 Å². The molecular formula is C28H31N5O2. The van der Waals surface area contributed by atoms with Crippen LogP contribution in [-0.4, -0.2) is 38.6 Å². The average Bonchev–Trinajstić information content (AvgIpc) is 2.87. The van der Waals surface area contributed by atoms with Crippen molar-refractivity contribution in [2.75, 3.05) is 18.0 Å². The molecule has 35 heavy (non-hydrogen) atoms. The smallest absolute Gasteiger partial charge is 0.249 e. The van der Waals surface area contributed by atoms with Gasteiger partial charge >= 0.3 is 0 Å². The van der Waals surface area contributed by atoms with Gasteiger partial charge in [0.25, 0.3) is 0 Å². The van der Waals surface area contributed by atoms with E-state index >= 15 is 0 Å². The van der Waals surface area contributed by atoms with Crippen LogP contribution < -0.4 is 15.9 Å². The Hall–Kier alpha value is -3.71. The molecule has 0 amide bonds. The second kappa shape index (κ2) is 9.88. The van der Waals surface area contributed by atoms with Crippen molar-refractivity contribution in [3.8, 4) is 0 Å². The largest absolute Gasteiger partial charge is 0.370 e. The number of H-pyrrole nitrogens is 1. The lowest BCUT2D eigenvalue weighted by Crippen LogP contribution is -2.48. The normalized spacial score (nSPS) is 16.2. The van der Waals surface area contributed by atoms with Crippen molar-refractivity contribution >= 4 is 16.6 Å². The Balaban J connectivity index is 1.49. The van der Waals surface area contributed by atoms with Crippen molar-refractivity contribution in [3.05, 3.63) is 105 Å². The van der Waals surface area contributed by atoms with E-state index in [9.17, 15) is 9.59 Å². The maximum atomic E-state index is 13.4. The number of anilines is 1. The van der Waals surface area contributed by atoms with Crippen LogP contribution in [0.15, 0.2) is 76.7 Å². The van der Waals surface area contributed by atoms with E-state index in [0.717, 1.165) is 60.3 Å². The molecule has 1 aromatic carbocycles. The number of piperidine rings is 1. The molecule has 0 unspecified atom stereocenters. The van der Waals surface area contributed by atoms with Crippen LogP contribution in [0.4, 0.5) is 5.69 Å². The molecule has 0 radical (unpaired) electrons. The first-order valence-corrected chi connectivity index (χ1v) is 12.1. The minimum absolute atomic E-state index is 0.0894. The van der Waals surface area contributed by atoms with Crippen LogP contribution in [0, 0.1) is 6.92 Å². The predicted octanol–water partition coefficient (Wildman–Crippen LogP) is 3.60. The topological polar surface area (TPSA) is 74.2 Å². The van der Waals surface area contributed by atoms with E-state index in [2.05, 4.69) is 31.9 Å². The molecule has 0 spiro atoms. The van der Waals surface area contributed by atoms with Crippen LogP contribution in [0.5, 0.6) is 0 Å². The van der Waals surface area contributed by atoms with Crippen LogP contribution in [0.2, 0.25) is 0 Å². The zero-order valence-electron chi connectivity index (χ0n) is 20.3. The molecule has 5 rings (SSSR count). The van der Waals surface area contributed by atoms with Gasteiger partial charge in [0.2, 0.25) is 5.56 Å². The number of aromatic amines is 1. The molecule has 0 aliphatic carbocycles. The van der Waals surface area contributed by atoms with E-state index in [1.165, 1.54) is 5.56 Å². The van der Waals surface area contributed by atoms with Crippen molar-refractivity contribution in [2.24, 2.45) is 7.05 Å². The first-order chi connectivity index (χ1) is 17.0. The zero-order valence-corrected chi connectivity index (χ0v) is 20.3. The van der Waals surface area contributed by atoms with Crippen LogP contribution in [0.25, 0.3) is 10.9 Å². The molecule has 1 aliphatic rings. The summed E-state index contributed by atoms with van der Waals surface area (Å²) in [4.78, 5) is 37.1. The highest BCUT2D eigenvalue weighted by Gasteiger charge is 2.27. The van der Waals surface area contributed by atoms with Crippen molar-refractivity contribution in [1.29, 1.82) is 0 Å². The number of hydrogen-bond acceptors (Lipinski definition) is 5. The Morgan fingerprint density at radius 2 is 1.97 bits per heavy atom. The molecule has 0 saturated carbocycles. The highest BCUT2D eigenvalue weighted by Crippen LogP contribution is 2.24. The third kappa shape index (κ3) is 5.05. The molecule has 7 nitrogen and oxygen atoms in total. The lowest BCUT2D eigenvalue weighted by atomic mass is 10.0. The summed E-state index contributed by atoms with van der Waals surface area (Å²) < 4.78 is 2.05. The zero-order chi connectivity index (χ0) is 24.4. The van der Waals surface area contributed by atoms with Crippen LogP contribution in [0.1, 0.15) is 29.7 Å². The van der Waals surface area contributed by atoms with Gasteiger partial charge < -0.3 is 14.5 Å². The van der Waals surface area contributed by atoms with Gasteiger partial charge in [-0.1, -0.05) is 12.1 Å². The summed E-state index contributed by atoms with van der Waals surface area (Å²) in [6.45, 7) is 5.02. The molecule has 4 heterocycles. The second-order valence-corrected chi connectivity index (χ2v) is 9.48. The van der Waals surface area contributed by atoms with Crippen LogP contribution in [0.3, 0.4) is 0 Å². The van der Waals surface area contributed by atoms with Gasteiger partial charge in [0, 0.05) is 86.3 Å². The fourth-order valence-electron chi connectivity index (χ4n) is 5.21. The Morgan fingerprint density at radius 3 is 2.80 bits per heavy atom. The number of rotatable bonds is 6. The van der Waals surface area contributed by atoms with E-state index < -0.39 is 0 Å². The number of nitrogens with zero attached hydrogens (tertiary/aromatic N) is 4. The number of aromatic nitrogens is 3.